The lowest BCUT2D eigenvalue weighted by atomic mass is 10.5. The number of nitrogen functional groups attached to an aromatic ring is 2. The van der Waals surface area contributed by atoms with Crippen LogP contribution in [-0.2, 0) is 14.7 Å². The third-order valence-corrected chi connectivity index (χ3v) is 2.13. The van der Waals surface area contributed by atoms with Crippen molar-refractivity contribution in [2.24, 2.45) is 0 Å². The summed E-state index contributed by atoms with van der Waals surface area (Å²) in [5.74, 6) is -0.577. The summed E-state index contributed by atoms with van der Waals surface area (Å²) >= 11 is 0. The molecule has 1 aliphatic rings. The van der Waals surface area contributed by atoms with E-state index in [-0.39, 0.29) is 17.2 Å². The number of aromatic nitrogens is 2. The lowest BCUT2D eigenvalue weighted by molar-refractivity contribution is 0.180. The van der Waals surface area contributed by atoms with Crippen LogP contribution in [0, 0.1) is 0 Å². The van der Waals surface area contributed by atoms with Crippen LogP contribution >= 0.6 is 0 Å². The van der Waals surface area contributed by atoms with Crippen molar-refractivity contribution in [3.63, 3.8) is 0 Å². The zero-order valence-electron chi connectivity index (χ0n) is 7.50. The van der Waals surface area contributed by atoms with Crippen molar-refractivity contribution in [3.8, 4) is 0 Å². The predicted octanol–water partition coefficient (Wildman–Crippen LogP) is -3.39. The molecule has 2 rings (SSSR count). The average molecular weight is 253 g/mol. The van der Waals surface area contributed by atoms with E-state index in [0.29, 0.717) is 4.73 Å². The van der Waals surface area contributed by atoms with Crippen molar-refractivity contribution >= 4 is 27.9 Å². The van der Waals surface area contributed by atoms with E-state index < -0.39 is 21.6 Å². The van der Waals surface area contributed by atoms with E-state index in [4.69, 9.17) is 11.5 Å². The molecule has 0 spiro atoms. The topological polar surface area (TPSA) is 183 Å². The second-order valence-corrected chi connectivity index (χ2v) is 3.63. The average Bonchev–Trinajstić information content (AvgIpc) is 2.16. The van der Waals surface area contributed by atoms with Gasteiger partial charge in [-0.2, -0.15) is 13.4 Å². The molecule has 0 bridgehead atoms. The number of nitrogens with two attached hydrogens (primary N) is 2. The van der Waals surface area contributed by atoms with E-state index in [1.54, 1.807) is 0 Å². The predicted molar refractivity (Wildman–Crippen MR) is 51.1 cm³/mol. The maximum absolute atomic E-state index is 11.4. The normalized spacial score (nSPS) is 16.2. The largest absolute Gasteiger partial charge is 0.489 e. The summed E-state index contributed by atoms with van der Waals surface area (Å²) in [6.07, 6.45) is 0. The van der Waals surface area contributed by atoms with Gasteiger partial charge in [0, 0.05) is 0 Å². The van der Waals surface area contributed by atoms with Gasteiger partial charge in [-0.3, -0.25) is 9.08 Å². The highest BCUT2D eigenvalue weighted by atomic mass is 32.3. The molecule has 0 saturated carbocycles. The van der Waals surface area contributed by atoms with Gasteiger partial charge in [-0.05, 0) is 0 Å². The molecule has 1 aromatic heterocycles. The van der Waals surface area contributed by atoms with Gasteiger partial charge in [-0.15, -0.1) is 4.28 Å². The second kappa shape index (κ2) is 3.51. The number of hydrogen-bond donors (Lipinski definition) is 3. The monoisotopic (exact) mass is 253 g/mol. The van der Waals surface area contributed by atoms with Crippen molar-refractivity contribution < 1.29 is 22.5 Å². The van der Waals surface area contributed by atoms with Crippen molar-refractivity contribution in [1.82, 2.24) is 9.71 Å². The van der Waals surface area contributed by atoms with Gasteiger partial charge in [0.15, 0.2) is 5.82 Å². The van der Waals surface area contributed by atoms with Crippen LogP contribution in [0.2, 0.25) is 0 Å². The lowest BCUT2D eigenvalue weighted by Crippen LogP contribution is -2.41. The molecule has 0 aliphatic carbocycles. The Bertz CT molecular complexity index is 577. The number of nitrogens with one attached hydrogen (secondary N) is 1. The Morgan fingerprint density at radius 2 is 2.00 bits per heavy atom. The minimum absolute atomic E-state index is 0. The van der Waals surface area contributed by atoms with Gasteiger partial charge in [0.05, 0.1) is 0 Å². The van der Waals surface area contributed by atoms with Crippen LogP contribution in [0.25, 0.3) is 0 Å². The number of fused-ring (bicyclic) bond motifs is 1. The fourth-order valence-electron chi connectivity index (χ4n) is 0.863. The minimum Gasteiger partial charge on any atom is -0.412 e. The molecule has 0 aromatic carbocycles. The molecule has 0 radical (unpaired) electrons. The van der Waals surface area contributed by atoms with Gasteiger partial charge < -0.3 is 16.9 Å². The molecule has 7 N–H and O–H groups in total. The molecule has 90 valence electrons. The summed E-state index contributed by atoms with van der Waals surface area (Å²) < 4.78 is 30.1. The molecule has 0 saturated heterocycles. The van der Waals surface area contributed by atoms with Crippen LogP contribution in [0.1, 0.15) is 0 Å². The maximum atomic E-state index is 11.4. The lowest BCUT2D eigenvalue weighted by Gasteiger charge is -2.17. The Labute approximate surface area is 88.1 Å². The first kappa shape index (κ1) is 12.0. The molecule has 0 fully saturated rings. The molecule has 12 heteroatoms. The molecule has 0 unspecified atom stereocenters. The molecule has 1 aromatic rings. The van der Waals surface area contributed by atoms with E-state index in [0.717, 1.165) is 0 Å². The molecule has 0 atom stereocenters. The zero-order chi connectivity index (χ0) is 11.2. The summed E-state index contributed by atoms with van der Waals surface area (Å²) in [6, 6.07) is 0. The van der Waals surface area contributed by atoms with Gasteiger partial charge >= 0.3 is 16.0 Å². The van der Waals surface area contributed by atoms with Crippen LogP contribution in [0.5, 0.6) is 0 Å². The van der Waals surface area contributed by atoms with Gasteiger partial charge in [0.2, 0.25) is 0 Å². The van der Waals surface area contributed by atoms with Crippen LogP contribution in [0.15, 0.2) is 4.79 Å². The highest BCUT2D eigenvalue weighted by Crippen LogP contribution is 2.13. The molecule has 2 heterocycles. The Morgan fingerprint density at radius 3 is 2.62 bits per heavy atom. The zero-order valence-corrected chi connectivity index (χ0v) is 8.32. The van der Waals surface area contributed by atoms with E-state index in [9.17, 15) is 13.2 Å². The quantitative estimate of drug-likeness (QED) is 0.424. The molecule has 16 heavy (non-hydrogen) atoms. The van der Waals surface area contributed by atoms with Gasteiger partial charge in [-0.25, -0.2) is 5.48 Å². The summed E-state index contributed by atoms with van der Waals surface area (Å²) in [7, 11) is -4.33. The fraction of sp³-hybridized carbons (Fsp3) is 0. The SMILES string of the molecule is Nc1nc2n(c(=O)c1N)OS(=O)(=O)ON2.O. The maximum Gasteiger partial charge on any atom is 0.489 e. The summed E-state index contributed by atoms with van der Waals surface area (Å²) in [4.78, 5) is 14.9. The smallest absolute Gasteiger partial charge is 0.412 e. The van der Waals surface area contributed by atoms with Crippen molar-refractivity contribution in [2.45, 2.75) is 0 Å². The molecular formula is C4H7N5O6S. The van der Waals surface area contributed by atoms with Gasteiger partial charge in [-0.1, -0.05) is 4.73 Å². The fourth-order valence-corrected chi connectivity index (χ4v) is 1.39. The van der Waals surface area contributed by atoms with Crippen LogP contribution in [0.4, 0.5) is 17.5 Å². The first-order valence-corrected chi connectivity index (χ1v) is 4.81. The highest BCUT2D eigenvalue weighted by Gasteiger charge is 2.27. The van der Waals surface area contributed by atoms with Crippen LogP contribution in [-0.4, -0.2) is 23.6 Å². The summed E-state index contributed by atoms with van der Waals surface area (Å²) in [5.41, 5.74) is 11.0. The Morgan fingerprint density at radius 1 is 1.38 bits per heavy atom. The number of rotatable bonds is 0. The molecule has 11 nitrogen and oxygen atoms in total. The van der Waals surface area contributed by atoms with Crippen LogP contribution in [0.3, 0.4) is 0 Å². The first-order valence-electron chi connectivity index (χ1n) is 3.48. The Kier molecular flexibility index (Phi) is 2.64. The third-order valence-electron chi connectivity index (χ3n) is 1.51. The standard InChI is InChI=1S/C4H5N5O5S.H2O/c5-1-2(6)7-4-8-13-15(11,12)14-9(4)3(1)10;/h5-6H2,(H,7,8);1H2. The van der Waals surface area contributed by atoms with Crippen molar-refractivity contribution in [3.05, 3.63) is 10.4 Å². The van der Waals surface area contributed by atoms with E-state index in [1.165, 1.54) is 0 Å². The molecule has 1 aliphatic heterocycles. The Balaban J connectivity index is 0.00000128. The minimum atomic E-state index is -4.33. The second-order valence-electron chi connectivity index (χ2n) is 2.50. The summed E-state index contributed by atoms with van der Waals surface area (Å²) in [5, 5.41) is 0. The third kappa shape index (κ3) is 1.71. The number of anilines is 3. The number of hydrogen-bond acceptors (Lipinski definition) is 9. The number of nitrogens with zero attached hydrogens (tertiary/aromatic N) is 2. The van der Waals surface area contributed by atoms with E-state index in [2.05, 4.69) is 13.6 Å². The van der Waals surface area contributed by atoms with E-state index in [1.807, 2.05) is 5.48 Å². The molecular weight excluding hydrogens is 246 g/mol. The summed E-state index contributed by atoms with van der Waals surface area (Å²) in [6.45, 7) is 0. The van der Waals surface area contributed by atoms with E-state index >= 15 is 0 Å². The van der Waals surface area contributed by atoms with Gasteiger partial charge in [0.1, 0.15) is 5.69 Å². The highest BCUT2D eigenvalue weighted by molar-refractivity contribution is 7.82. The Hall–Kier alpha value is -2.05. The van der Waals surface area contributed by atoms with Crippen molar-refractivity contribution in [2.75, 3.05) is 16.9 Å². The van der Waals surface area contributed by atoms with Crippen molar-refractivity contribution in [1.29, 1.82) is 0 Å². The molecule has 0 amide bonds. The first-order chi connectivity index (χ1) is 6.91. The van der Waals surface area contributed by atoms with Crippen LogP contribution < -0.4 is 26.8 Å². The van der Waals surface area contributed by atoms with Gasteiger partial charge in [0.25, 0.3) is 5.95 Å².